The number of sulfonamides is 1. The molecule has 2 heterocycles. The maximum Gasteiger partial charge on any atom is 0.275 e. The molecule has 1 aromatic carbocycles. The largest absolute Gasteiger partial charge is 0.341 e. The molecule has 9 nitrogen and oxygen atoms in total. The predicted octanol–water partition coefficient (Wildman–Crippen LogP) is 2.61. The van der Waals surface area contributed by atoms with Crippen LogP contribution in [0.2, 0.25) is 4.34 Å². The summed E-state index contributed by atoms with van der Waals surface area (Å²) in [6.45, 7) is 1.61. The van der Waals surface area contributed by atoms with Gasteiger partial charge in [0.25, 0.3) is 11.8 Å². The molecule has 1 atom stereocenters. The van der Waals surface area contributed by atoms with Crippen molar-refractivity contribution in [1.29, 1.82) is 0 Å². The fourth-order valence-electron chi connectivity index (χ4n) is 3.49. The summed E-state index contributed by atoms with van der Waals surface area (Å²) in [5, 5.41) is 0. The molecule has 0 saturated heterocycles. The highest BCUT2D eigenvalue weighted by Gasteiger charge is 2.31. The number of halogens is 2. The highest BCUT2D eigenvalue weighted by Crippen LogP contribution is 2.29. The van der Waals surface area contributed by atoms with Crippen molar-refractivity contribution in [3.05, 3.63) is 62.7 Å². The fourth-order valence-corrected chi connectivity index (χ4v) is 6.74. The lowest BCUT2D eigenvalue weighted by atomic mass is 10.1. The van der Waals surface area contributed by atoms with Crippen LogP contribution in [-0.4, -0.2) is 71.4 Å². The van der Waals surface area contributed by atoms with E-state index in [1.54, 1.807) is 19.1 Å². The molecule has 1 N–H and O–H groups in total. The van der Waals surface area contributed by atoms with Crippen LogP contribution in [0.1, 0.15) is 28.1 Å². The van der Waals surface area contributed by atoms with Gasteiger partial charge in [-0.1, -0.05) is 18.5 Å². The van der Waals surface area contributed by atoms with Gasteiger partial charge in [-0.25, -0.2) is 21.2 Å². The molecule has 196 valence electrons. The van der Waals surface area contributed by atoms with Crippen molar-refractivity contribution < 1.29 is 30.8 Å². The van der Waals surface area contributed by atoms with E-state index in [4.69, 9.17) is 11.6 Å². The Morgan fingerprint density at radius 3 is 2.53 bits per heavy atom. The number of rotatable bonds is 10. The Morgan fingerprint density at radius 2 is 1.94 bits per heavy atom. The van der Waals surface area contributed by atoms with Crippen LogP contribution in [0.5, 0.6) is 0 Å². The number of sulfone groups is 1. The van der Waals surface area contributed by atoms with Gasteiger partial charge in [-0.15, -0.1) is 11.3 Å². The third kappa shape index (κ3) is 7.05. The Labute approximate surface area is 218 Å². The van der Waals surface area contributed by atoms with Gasteiger partial charge in [-0.05, 0) is 36.4 Å². The molecule has 2 aromatic rings. The zero-order valence-corrected chi connectivity index (χ0v) is 22.9. The highest BCUT2D eigenvalue weighted by atomic mass is 35.5. The zero-order chi connectivity index (χ0) is 26.8. The van der Waals surface area contributed by atoms with Crippen LogP contribution in [0.3, 0.4) is 0 Å². The standard InChI is InChI=1S/C22H25ClFN3O6S3/c1-14(19-6-7-20(23)34-19)13-36(32,33)25-17-8-9-27(22(17)29)18-5-4-15(12-16(18)24)21(28)26(2)10-11-35(3,30)31/h4-8,12,14,25H,9-11,13H2,1-3H3. The van der Waals surface area contributed by atoms with E-state index < -0.39 is 37.5 Å². The smallest absolute Gasteiger partial charge is 0.275 e. The van der Waals surface area contributed by atoms with Crippen LogP contribution in [0.4, 0.5) is 10.1 Å². The molecule has 2 amide bonds. The molecule has 0 saturated carbocycles. The van der Waals surface area contributed by atoms with Crippen molar-refractivity contribution in [3.63, 3.8) is 0 Å². The Bertz CT molecular complexity index is 1420. The molecular weight excluding hydrogens is 553 g/mol. The van der Waals surface area contributed by atoms with E-state index in [2.05, 4.69) is 4.72 Å². The normalized spacial score (nSPS) is 15.1. The van der Waals surface area contributed by atoms with E-state index in [-0.39, 0.29) is 47.5 Å². The molecular formula is C22H25ClFN3O6S3. The van der Waals surface area contributed by atoms with E-state index in [0.29, 0.717) is 4.34 Å². The number of nitrogens with one attached hydrogen (secondary N) is 1. The first-order valence-corrected chi connectivity index (χ1v) is 15.6. The zero-order valence-electron chi connectivity index (χ0n) is 19.7. The van der Waals surface area contributed by atoms with Crippen molar-refractivity contribution in [3.8, 4) is 0 Å². The van der Waals surface area contributed by atoms with Crippen LogP contribution in [0.15, 0.2) is 42.1 Å². The molecule has 1 unspecified atom stereocenters. The fraction of sp³-hybridized carbons (Fsp3) is 0.364. The van der Waals surface area contributed by atoms with Gasteiger partial charge < -0.3 is 9.80 Å². The number of amides is 2. The Morgan fingerprint density at radius 1 is 1.25 bits per heavy atom. The number of thiophene rings is 1. The minimum atomic E-state index is -3.88. The molecule has 1 aromatic heterocycles. The topological polar surface area (TPSA) is 121 Å². The van der Waals surface area contributed by atoms with E-state index in [1.165, 1.54) is 36.6 Å². The lowest BCUT2D eigenvalue weighted by Gasteiger charge is -2.20. The SMILES string of the molecule is CC(CS(=O)(=O)NC1=CCN(c2ccc(C(=O)N(C)CCS(C)(=O)=O)cc2F)C1=O)c1ccc(Cl)s1. The second kappa shape index (κ2) is 10.9. The van der Waals surface area contributed by atoms with Gasteiger partial charge in [0.15, 0.2) is 0 Å². The van der Waals surface area contributed by atoms with E-state index >= 15 is 0 Å². The Kier molecular flexibility index (Phi) is 8.48. The van der Waals surface area contributed by atoms with Gasteiger partial charge in [-0.2, -0.15) is 0 Å². The van der Waals surface area contributed by atoms with Crippen LogP contribution in [0, 0.1) is 5.82 Å². The minimum absolute atomic E-state index is 0.0181. The summed E-state index contributed by atoms with van der Waals surface area (Å²) in [5.41, 5.74) is -0.329. The first-order chi connectivity index (χ1) is 16.7. The number of carbonyl (C=O) groups excluding carboxylic acids is 2. The number of anilines is 1. The van der Waals surface area contributed by atoms with Gasteiger partial charge in [-0.3, -0.25) is 14.3 Å². The number of nitrogens with zero attached hydrogens (tertiary/aromatic N) is 2. The number of carbonyl (C=O) groups is 2. The van der Waals surface area contributed by atoms with Gasteiger partial charge in [0.1, 0.15) is 21.4 Å². The lowest BCUT2D eigenvalue weighted by Crippen LogP contribution is -2.35. The monoisotopic (exact) mass is 577 g/mol. The molecule has 0 bridgehead atoms. The molecule has 3 rings (SSSR count). The van der Waals surface area contributed by atoms with Gasteiger partial charge >= 0.3 is 0 Å². The summed E-state index contributed by atoms with van der Waals surface area (Å²) in [6, 6.07) is 6.95. The van der Waals surface area contributed by atoms with Crippen molar-refractivity contribution in [1.82, 2.24) is 9.62 Å². The maximum atomic E-state index is 14.9. The quantitative estimate of drug-likeness (QED) is 0.463. The summed E-state index contributed by atoms with van der Waals surface area (Å²) < 4.78 is 65.6. The molecule has 1 aliphatic heterocycles. The molecule has 1 aliphatic rings. The minimum Gasteiger partial charge on any atom is -0.341 e. The second-order valence-corrected chi connectivity index (χ2v) is 14.3. The predicted molar refractivity (Wildman–Crippen MR) is 138 cm³/mol. The lowest BCUT2D eigenvalue weighted by molar-refractivity contribution is -0.114. The van der Waals surface area contributed by atoms with Crippen LogP contribution in [-0.2, 0) is 24.7 Å². The van der Waals surface area contributed by atoms with Crippen LogP contribution in [0.25, 0.3) is 0 Å². The third-order valence-electron chi connectivity index (χ3n) is 5.40. The summed E-state index contributed by atoms with van der Waals surface area (Å²) >= 11 is 7.19. The van der Waals surface area contributed by atoms with E-state index in [0.717, 1.165) is 27.0 Å². The highest BCUT2D eigenvalue weighted by molar-refractivity contribution is 7.90. The van der Waals surface area contributed by atoms with E-state index in [9.17, 15) is 30.8 Å². The number of benzene rings is 1. The van der Waals surface area contributed by atoms with Gasteiger partial charge in [0.05, 0.1) is 21.5 Å². The van der Waals surface area contributed by atoms with Crippen LogP contribution < -0.4 is 9.62 Å². The maximum absolute atomic E-state index is 14.9. The summed E-state index contributed by atoms with van der Waals surface area (Å²) in [6.07, 6.45) is 2.40. The average molecular weight is 578 g/mol. The van der Waals surface area contributed by atoms with Crippen LogP contribution >= 0.6 is 22.9 Å². The Hall–Kier alpha value is -2.48. The van der Waals surface area contributed by atoms with Gasteiger partial charge in [0.2, 0.25) is 10.0 Å². The Balaban J connectivity index is 1.66. The van der Waals surface area contributed by atoms with Gasteiger partial charge in [0, 0.05) is 42.8 Å². The summed E-state index contributed by atoms with van der Waals surface area (Å²) in [5.74, 6) is -3.02. The summed E-state index contributed by atoms with van der Waals surface area (Å²) in [7, 11) is -5.76. The summed E-state index contributed by atoms with van der Waals surface area (Å²) in [4.78, 5) is 28.3. The first-order valence-electron chi connectivity index (χ1n) is 10.7. The first kappa shape index (κ1) is 28.1. The van der Waals surface area contributed by atoms with Crippen molar-refractivity contribution in [2.24, 2.45) is 0 Å². The molecule has 36 heavy (non-hydrogen) atoms. The third-order valence-corrected chi connectivity index (χ3v) is 9.25. The molecule has 0 spiro atoms. The van der Waals surface area contributed by atoms with E-state index in [1.807, 2.05) is 0 Å². The second-order valence-electron chi connectivity index (χ2n) is 8.48. The molecule has 14 heteroatoms. The molecule has 0 aliphatic carbocycles. The van der Waals surface area contributed by atoms with Crippen molar-refractivity contribution in [2.75, 3.05) is 42.8 Å². The van der Waals surface area contributed by atoms with Crippen molar-refractivity contribution in [2.45, 2.75) is 12.8 Å². The number of hydrogen-bond donors (Lipinski definition) is 1. The molecule has 0 fully saturated rings. The number of hydrogen-bond acceptors (Lipinski definition) is 7. The molecule has 0 radical (unpaired) electrons. The van der Waals surface area contributed by atoms with Crippen molar-refractivity contribution >= 4 is 60.3 Å². The average Bonchev–Trinajstić information content (AvgIpc) is 3.36.